The molecule has 0 unspecified atom stereocenters. The second kappa shape index (κ2) is 7.66. The van der Waals surface area contributed by atoms with Crippen LogP contribution in [-0.4, -0.2) is 53.5 Å². The van der Waals surface area contributed by atoms with Gasteiger partial charge in [0.05, 0.1) is 5.60 Å². The predicted octanol–water partition coefficient (Wildman–Crippen LogP) is 2.76. The zero-order valence-electron chi connectivity index (χ0n) is 14.8. The van der Waals surface area contributed by atoms with Crippen LogP contribution in [0.5, 0.6) is 0 Å². The van der Waals surface area contributed by atoms with Crippen molar-refractivity contribution in [2.75, 3.05) is 26.7 Å². The molecule has 2 aliphatic rings. The number of amides is 1. The van der Waals surface area contributed by atoms with E-state index in [0.29, 0.717) is 38.4 Å². The Bertz CT molecular complexity index is 538. The molecule has 1 aromatic rings. The van der Waals surface area contributed by atoms with Gasteiger partial charge in [0.1, 0.15) is 0 Å². The third-order valence-corrected chi connectivity index (χ3v) is 5.87. The fraction of sp³-hybridized carbons (Fsp3) is 0.650. The maximum Gasteiger partial charge on any atom is 0.222 e. The van der Waals surface area contributed by atoms with Gasteiger partial charge in [-0.05, 0) is 51.3 Å². The number of carbonyl (C=O) groups is 1. The monoisotopic (exact) mass is 330 g/mol. The molecule has 1 N–H and O–H groups in total. The topological polar surface area (TPSA) is 43.8 Å². The molecule has 1 atom stereocenters. The van der Waals surface area contributed by atoms with E-state index in [1.807, 2.05) is 35.2 Å². The Hall–Kier alpha value is -1.39. The standard InChI is InChI=1S/C20H30N2O2/c1-21-14-6-5-9-18(21)10-11-19(23)22-15-12-20(24,13-16-22)17-7-3-2-4-8-17/h2-4,7-8,18,24H,5-6,9-16H2,1H3/t18-/m1/s1. The van der Waals surface area contributed by atoms with Gasteiger partial charge in [0, 0.05) is 25.6 Å². The van der Waals surface area contributed by atoms with Crippen LogP contribution in [-0.2, 0) is 10.4 Å². The molecule has 132 valence electrons. The van der Waals surface area contributed by atoms with Gasteiger partial charge in [0.25, 0.3) is 0 Å². The van der Waals surface area contributed by atoms with E-state index in [9.17, 15) is 9.90 Å². The number of likely N-dealkylation sites (tertiary alicyclic amines) is 2. The fourth-order valence-electron chi connectivity index (χ4n) is 4.12. The largest absolute Gasteiger partial charge is 0.385 e. The summed E-state index contributed by atoms with van der Waals surface area (Å²) < 4.78 is 0. The van der Waals surface area contributed by atoms with Crippen LogP contribution in [0.15, 0.2) is 30.3 Å². The summed E-state index contributed by atoms with van der Waals surface area (Å²) in [6, 6.07) is 10.4. The summed E-state index contributed by atoms with van der Waals surface area (Å²) in [5.41, 5.74) is 0.197. The average molecular weight is 330 g/mol. The van der Waals surface area contributed by atoms with Crippen molar-refractivity contribution >= 4 is 5.91 Å². The van der Waals surface area contributed by atoms with Gasteiger partial charge in [0.2, 0.25) is 5.91 Å². The lowest BCUT2D eigenvalue weighted by atomic mass is 9.84. The molecule has 0 bridgehead atoms. The summed E-state index contributed by atoms with van der Waals surface area (Å²) in [6.45, 7) is 2.47. The van der Waals surface area contributed by atoms with Crippen molar-refractivity contribution in [1.29, 1.82) is 0 Å². The first-order valence-electron chi connectivity index (χ1n) is 9.34. The highest BCUT2D eigenvalue weighted by atomic mass is 16.3. The number of carbonyl (C=O) groups excluding carboxylic acids is 1. The van der Waals surface area contributed by atoms with Gasteiger partial charge in [-0.25, -0.2) is 0 Å². The van der Waals surface area contributed by atoms with Crippen LogP contribution < -0.4 is 0 Å². The molecule has 2 aliphatic heterocycles. The van der Waals surface area contributed by atoms with Crippen molar-refractivity contribution < 1.29 is 9.90 Å². The van der Waals surface area contributed by atoms with E-state index >= 15 is 0 Å². The minimum Gasteiger partial charge on any atom is -0.385 e. The zero-order valence-corrected chi connectivity index (χ0v) is 14.8. The van der Waals surface area contributed by atoms with Gasteiger partial charge >= 0.3 is 0 Å². The van der Waals surface area contributed by atoms with E-state index in [2.05, 4.69) is 11.9 Å². The maximum atomic E-state index is 12.5. The molecule has 0 saturated carbocycles. The molecule has 0 radical (unpaired) electrons. The Balaban J connectivity index is 1.48. The van der Waals surface area contributed by atoms with Crippen LogP contribution in [0.2, 0.25) is 0 Å². The normalized spacial score (nSPS) is 24.8. The van der Waals surface area contributed by atoms with Crippen molar-refractivity contribution in [3.05, 3.63) is 35.9 Å². The molecule has 1 amide bonds. The van der Waals surface area contributed by atoms with E-state index < -0.39 is 5.60 Å². The molecule has 2 saturated heterocycles. The molecular formula is C20H30N2O2. The summed E-state index contributed by atoms with van der Waals surface area (Å²) in [7, 11) is 2.18. The summed E-state index contributed by atoms with van der Waals surface area (Å²) >= 11 is 0. The minimum absolute atomic E-state index is 0.254. The number of nitrogens with zero attached hydrogens (tertiary/aromatic N) is 2. The third kappa shape index (κ3) is 3.98. The Kier molecular flexibility index (Phi) is 5.57. The number of hydrogen-bond donors (Lipinski definition) is 1. The highest BCUT2D eigenvalue weighted by molar-refractivity contribution is 5.76. The Morgan fingerprint density at radius 1 is 1.17 bits per heavy atom. The van der Waals surface area contributed by atoms with E-state index in [-0.39, 0.29) is 5.91 Å². The number of piperidine rings is 2. The smallest absolute Gasteiger partial charge is 0.222 e. The minimum atomic E-state index is -0.776. The predicted molar refractivity (Wildman–Crippen MR) is 95.7 cm³/mol. The lowest BCUT2D eigenvalue weighted by Crippen LogP contribution is -2.45. The summed E-state index contributed by atoms with van der Waals surface area (Å²) in [4.78, 5) is 16.9. The molecule has 2 fully saturated rings. The zero-order chi connectivity index (χ0) is 17.0. The van der Waals surface area contributed by atoms with E-state index in [1.54, 1.807) is 0 Å². The molecular weight excluding hydrogens is 300 g/mol. The van der Waals surface area contributed by atoms with Crippen LogP contribution in [0.4, 0.5) is 0 Å². The van der Waals surface area contributed by atoms with E-state index in [4.69, 9.17) is 0 Å². The van der Waals surface area contributed by atoms with E-state index in [0.717, 1.165) is 18.5 Å². The molecule has 0 aliphatic carbocycles. The molecule has 24 heavy (non-hydrogen) atoms. The first kappa shape index (κ1) is 17.4. The summed E-state index contributed by atoms with van der Waals surface area (Å²) in [6.07, 6.45) is 6.66. The van der Waals surface area contributed by atoms with Gasteiger partial charge in [0.15, 0.2) is 0 Å². The Morgan fingerprint density at radius 2 is 1.88 bits per heavy atom. The van der Waals surface area contributed by atoms with Crippen LogP contribution in [0.1, 0.15) is 50.5 Å². The van der Waals surface area contributed by atoms with Gasteiger partial charge in [-0.3, -0.25) is 4.79 Å². The lowest BCUT2D eigenvalue weighted by molar-refractivity contribution is -0.136. The first-order valence-corrected chi connectivity index (χ1v) is 9.34. The van der Waals surface area contributed by atoms with Crippen LogP contribution in [0.25, 0.3) is 0 Å². The molecule has 0 aromatic heterocycles. The van der Waals surface area contributed by atoms with Crippen molar-refractivity contribution in [1.82, 2.24) is 9.80 Å². The third-order valence-electron chi connectivity index (χ3n) is 5.87. The van der Waals surface area contributed by atoms with Crippen LogP contribution in [0, 0.1) is 0 Å². The highest BCUT2D eigenvalue weighted by Crippen LogP contribution is 2.33. The molecule has 4 heteroatoms. The highest BCUT2D eigenvalue weighted by Gasteiger charge is 2.35. The van der Waals surface area contributed by atoms with E-state index in [1.165, 1.54) is 19.3 Å². The summed E-state index contributed by atoms with van der Waals surface area (Å²) in [5, 5.41) is 10.9. The van der Waals surface area contributed by atoms with Gasteiger partial charge in [-0.1, -0.05) is 36.8 Å². The van der Waals surface area contributed by atoms with Crippen molar-refractivity contribution in [2.24, 2.45) is 0 Å². The Morgan fingerprint density at radius 3 is 2.54 bits per heavy atom. The second-order valence-electron chi connectivity index (χ2n) is 7.45. The summed E-state index contributed by atoms with van der Waals surface area (Å²) in [5.74, 6) is 0.254. The number of rotatable bonds is 4. The number of hydrogen-bond acceptors (Lipinski definition) is 3. The number of benzene rings is 1. The maximum absolute atomic E-state index is 12.5. The van der Waals surface area contributed by atoms with Crippen molar-refractivity contribution in [3.63, 3.8) is 0 Å². The Labute approximate surface area is 145 Å². The SMILES string of the molecule is CN1CCCC[C@@H]1CCC(=O)N1CCC(O)(c2ccccc2)CC1. The molecule has 0 spiro atoms. The fourth-order valence-corrected chi connectivity index (χ4v) is 4.12. The van der Waals surface area contributed by atoms with Gasteiger partial charge < -0.3 is 14.9 Å². The first-order chi connectivity index (χ1) is 11.6. The number of aliphatic hydroxyl groups is 1. The quantitative estimate of drug-likeness (QED) is 0.923. The molecule has 3 rings (SSSR count). The van der Waals surface area contributed by atoms with Crippen molar-refractivity contribution in [3.8, 4) is 0 Å². The van der Waals surface area contributed by atoms with Crippen LogP contribution in [0.3, 0.4) is 0 Å². The van der Waals surface area contributed by atoms with Gasteiger partial charge in [-0.2, -0.15) is 0 Å². The van der Waals surface area contributed by atoms with Crippen LogP contribution >= 0.6 is 0 Å². The molecule has 1 aromatic carbocycles. The average Bonchev–Trinajstić information content (AvgIpc) is 2.62. The molecule has 2 heterocycles. The second-order valence-corrected chi connectivity index (χ2v) is 7.45. The lowest BCUT2D eigenvalue weighted by Gasteiger charge is -2.39. The van der Waals surface area contributed by atoms with Gasteiger partial charge in [-0.15, -0.1) is 0 Å². The van der Waals surface area contributed by atoms with Crippen molar-refractivity contribution in [2.45, 2.75) is 56.6 Å². The molecule has 4 nitrogen and oxygen atoms in total.